The molecule has 1 aliphatic heterocycles. The Morgan fingerprint density at radius 2 is 1.92 bits per heavy atom. The maximum atomic E-state index is 5.24. The predicted octanol–water partition coefficient (Wildman–Crippen LogP) is 2.13. The minimum atomic E-state index is 0. The van der Waals surface area contributed by atoms with Crippen molar-refractivity contribution >= 4 is 0 Å². The van der Waals surface area contributed by atoms with Crippen molar-refractivity contribution in [1.82, 2.24) is 0 Å². The van der Waals surface area contributed by atoms with Gasteiger partial charge in [-0.05, 0) is 24.1 Å². The van der Waals surface area contributed by atoms with Crippen LogP contribution in [-0.2, 0) is 44.6 Å². The molecule has 1 aromatic carbocycles. The molecule has 2 rings (SSSR count). The molecule has 0 amide bonds. The first kappa shape index (κ1) is 12.0. The molecule has 0 unspecified atom stereocenters. The van der Waals surface area contributed by atoms with Crippen LogP contribution in [0, 0.1) is 0 Å². The van der Waals surface area contributed by atoms with Gasteiger partial charge in [0.1, 0.15) is 5.75 Å². The summed E-state index contributed by atoms with van der Waals surface area (Å²) < 4.78 is 5.24. The van der Waals surface area contributed by atoms with Crippen molar-refractivity contribution in [2.24, 2.45) is 0 Å². The summed E-state index contributed by atoms with van der Waals surface area (Å²) in [5.41, 5.74) is 1.27. The first-order chi connectivity index (χ1) is 4.97. The topological polar surface area (TPSA) is 9.23 Å². The molecule has 1 nitrogen and oxygen atoms in total. The van der Waals surface area contributed by atoms with Crippen molar-refractivity contribution in [3.8, 4) is 5.75 Å². The van der Waals surface area contributed by atoms with Crippen molar-refractivity contribution in [2.75, 3.05) is 0 Å². The predicted molar refractivity (Wildman–Crippen MR) is 39.9 cm³/mol. The van der Waals surface area contributed by atoms with Gasteiger partial charge in [-0.1, -0.05) is 18.2 Å². The summed E-state index contributed by atoms with van der Waals surface area (Å²) in [6.45, 7) is 0. The van der Waals surface area contributed by atoms with E-state index in [1.165, 1.54) is 5.56 Å². The van der Waals surface area contributed by atoms with Crippen LogP contribution in [-0.4, -0.2) is 0 Å². The fourth-order valence-electron chi connectivity index (χ4n) is 1.08. The van der Waals surface area contributed by atoms with Gasteiger partial charge in [-0.3, -0.25) is 0 Å². The number of allylic oxidation sites excluding steroid dienone is 1. The van der Waals surface area contributed by atoms with Gasteiger partial charge in [-0.2, -0.15) is 0 Å². The van der Waals surface area contributed by atoms with Gasteiger partial charge < -0.3 is 4.74 Å². The normalized spacial score (nSPS) is 11.7. The minimum Gasteiger partial charge on any atom is -0.465 e. The van der Waals surface area contributed by atoms with Gasteiger partial charge in [0.25, 0.3) is 0 Å². The van der Waals surface area contributed by atoms with E-state index in [1.54, 1.807) is 6.26 Å². The van der Waals surface area contributed by atoms with Gasteiger partial charge in [0.05, 0.1) is 6.26 Å². The zero-order chi connectivity index (χ0) is 6.81. The van der Waals surface area contributed by atoms with Crippen molar-refractivity contribution < 1.29 is 42.9 Å². The van der Waals surface area contributed by atoms with Crippen molar-refractivity contribution in [3.63, 3.8) is 0 Å². The molecule has 0 aromatic heterocycles. The van der Waals surface area contributed by atoms with Gasteiger partial charge in [0.2, 0.25) is 0 Å². The first-order valence-electron chi connectivity index (χ1n) is 3.36. The van der Waals surface area contributed by atoms with Crippen LogP contribution in [0.2, 0.25) is 0 Å². The zero-order valence-electron chi connectivity index (χ0n) is 6.34. The molecule has 3 heteroatoms. The van der Waals surface area contributed by atoms with E-state index in [-0.39, 0.29) is 38.1 Å². The van der Waals surface area contributed by atoms with Crippen molar-refractivity contribution in [2.45, 2.75) is 6.42 Å². The van der Waals surface area contributed by atoms with Gasteiger partial charge in [0.15, 0.2) is 0 Å². The van der Waals surface area contributed by atoms with Crippen LogP contribution in [0.4, 0.5) is 0 Å². The van der Waals surface area contributed by atoms with E-state index in [1.807, 2.05) is 24.3 Å². The largest absolute Gasteiger partial charge is 0.465 e. The molecular weight excluding hydrogens is 276 g/mol. The quantitative estimate of drug-likeness (QED) is 0.663. The number of ether oxygens (including phenoxy) is 1. The number of rotatable bonds is 0. The van der Waals surface area contributed by atoms with Crippen LogP contribution in [0.25, 0.3) is 0 Å². The third-order valence-corrected chi connectivity index (χ3v) is 1.60. The third kappa shape index (κ3) is 2.48. The molecule has 1 heterocycles. The smallest absolute Gasteiger partial charge is 0.130 e. The molecule has 64 valence electrons. The average Bonchev–Trinajstić information content (AvgIpc) is 2.05. The molecule has 0 spiro atoms. The van der Waals surface area contributed by atoms with Crippen LogP contribution < -0.4 is 4.74 Å². The molecule has 0 bridgehead atoms. The second kappa shape index (κ2) is 5.59. The molecule has 0 atom stereocenters. The Bertz CT molecular complexity index is 246. The maximum absolute atomic E-state index is 5.24. The molecular formula is C9H8FeMoO. The van der Waals surface area contributed by atoms with Crippen LogP contribution in [0.5, 0.6) is 5.75 Å². The number of benzene rings is 1. The van der Waals surface area contributed by atoms with Gasteiger partial charge in [-0.15, -0.1) is 0 Å². The van der Waals surface area contributed by atoms with E-state index < -0.39 is 0 Å². The maximum Gasteiger partial charge on any atom is 0.130 e. The Balaban J connectivity index is 0.000000605. The molecule has 0 saturated heterocycles. The molecule has 0 fully saturated rings. The van der Waals surface area contributed by atoms with Crippen LogP contribution >= 0.6 is 0 Å². The number of para-hydroxylation sites is 1. The van der Waals surface area contributed by atoms with Gasteiger partial charge >= 0.3 is 0 Å². The molecule has 0 N–H and O–H groups in total. The molecule has 1 aromatic rings. The molecule has 1 aliphatic rings. The summed E-state index contributed by atoms with van der Waals surface area (Å²) in [7, 11) is 0. The molecule has 12 heavy (non-hydrogen) atoms. The summed E-state index contributed by atoms with van der Waals surface area (Å²) in [6.07, 6.45) is 4.75. The number of fused-ring (bicyclic) bond motifs is 1. The van der Waals surface area contributed by atoms with E-state index >= 15 is 0 Å². The average molecular weight is 284 g/mol. The van der Waals surface area contributed by atoms with Crippen LogP contribution in [0.1, 0.15) is 5.56 Å². The Hall–Kier alpha value is -0.0322. The van der Waals surface area contributed by atoms with Crippen molar-refractivity contribution in [3.05, 3.63) is 42.2 Å². The summed E-state index contributed by atoms with van der Waals surface area (Å²) in [5.74, 6) is 0.991. The van der Waals surface area contributed by atoms with E-state index in [0.717, 1.165) is 12.2 Å². The van der Waals surface area contributed by atoms with Crippen LogP contribution in [0.15, 0.2) is 36.6 Å². The fourth-order valence-corrected chi connectivity index (χ4v) is 1.08. The van der Waals surface area contributed by atoms with Crippen LogP contribution in [0.3, 0.4) is 0 Å². The second-order valence-corrected chi connectivity index (χ2v) is 2.30. The summed E-state index contributed by atoms with van der Waals surface area (Å²) in [4.78, 5) is 0. The fraction of sp³-hybridized carbons (Fsp3) is 0.111. The Kier molecular flexibility index (Phi) is 5.57. The van der Waals surface area contributed by atoms with E-state index in [2.05, 4.69) is 6.07 Å². The monoisotopic (exact) mass is 286 g/mol. The molecule has 0 saturated carbocycles. The summed E-state index contributed by atoms with van der Waals surface area (Å²) >= 11 is 0. The van der Waals surface area contributed by atoms with Gasteiger partial charge in [0, 0.05) is 38.1 Å². The second-order valence-electron chi connectivity index (χ2n) is 2.30. The summed E-state index contributed by atoms with van der Waals surface area (Å²) in [6, 6.07) is 8.08. The Morgan fingerprint density at radius 1 is 1.17 bits per heavy atom. The minimum absolute atomic E-state index is 0. The Labute approximate surface area is 96.9 Å². The van der Waals surface area contributed by atoms with E-state index in [0.29, 0.717) is 0 Å². The standard InChI is InChI=1S/C9H8O.Fe.Mo/c1-2-6-9-8(4-1)5-3-7-10-9;;/h1-4,6-7H,5H2;;. The SMILES string of the molecule is C1=COc2ccccc2C1.[Fe].[Mo]. The molecule has 0 aliphatic carbocycles. The Morgan fingerprint density at radius 3 is 2.67 bits per heavy atom. The first-order valence-corrected chi connectivity index (χ1v) is 3.36. The number of hydrogen-bond donors (Lipinski definition) is 0. The van der Waals surface area contributed by atoms with Gasteiger partial charge in [-0.25, -0.2) is 0 Å². The van der Waals surface area contributed by atoms with E-state index in [4.69, 9.17) is 4.74 Å². The third-order valence-electron chi connectivity index (χ3n) is 1.60. The zero-order valence-corrected chi connectivity index (χ0v) is 9.45. The van der Waals surface area contributed by atoms with Crippen molar-refractivity contribution in [1.29, 1.82) is 0 Å². The van der Waals surface area contributed by atoms with E-state index in [9.17, 15) is 0 Å². The number of hydrogen-bond acceptors (Lipinski definition) is 1. The molecule has 0 radical (unpaired) electrons. The summed E-state index contributed by atoms with van der Waals surface area (Å²) in [5, 5.41) is 0.